The van der Waals surface area contributed by atoms with Crippen molar-refractivity contribution >= 4 is 34.7 Å². The zero-order valence-corrected chi connectivity index (χ0v) is 20.8. The molecule has 2 rings (SSSR count). The summed E-state index contributed by atoms with van der Waals surface area (Å²) in [6.07, 6.45) is 5.37. The predicted octanol–water partition coefficient (Wildman–Crippen LogP) is 2.33. The van der Waals surface area contributed by atoms with Crippen LogP contribution in [0.15, 0.2) is 14.6 Å². The number of fused-ring (bicyclic) bond motifs is 1. The SMILES string of the molecule is CCCCCCc1nc(SC(C(=O)NC(N)=O)C(C)C)c2c(=O)n(C)c(=O)n(CCC)c2n1. The first-order valence-corrected chi connectivity index (χ1v) is 12.3. The summed E-state index contributed by atoms with van der Waals surface area (Å²) >= 11 is 1.09. The number of thioether (sulfide) groups is 1. The first-order chi connectivity index (χ1) is 15.6. The number of hydrogen-bond acceptors (Lipinski definition) is 7. The highest BCUT2D eigenvalue weighted by Crippen LogP contribution is 2.31. The van der Waals surface area contributed by atoms with Crippen LogP contribution in [0.1, 0.15) is 65.6 Å². The van der Waals surface area contributed by atoms with E-state index in [4.69, 9.17) is 5.73 Å². The normalized spacial score (nSPS) is 12.3. The van der Waals surface area contributed by atoms with Crippen molar-refractivity contribution in [3.63, 3.8) is 0 Å². The third kappa shape index (κ3) is 6.43. The van der Waals surface area contributed by atoms with E-state index in [0.717, 1.165) is 42.0 Å². The van der Waals surface area contributed by atoms with Gasteiger partial charge in [-0.05, 0) is 18.8 Å². The van der Waals surface area contributed by atoms with Gasteiger partial charge < -0.3 is 5.73 Å². The first-order valence-electron chi connectivity index (χ1n) is 11.4. The molecule has 0 aliphatic rings. The minimum Gasteiger partial charge on any atom is -0.351 e. The van der Waals surface area contributed by atoms with Crippen LogP contribution in [0.4, 0.5) is 4.79 Å². The van der Waals surface area contributed by atoms with Crippen molar-refractivity contribution in [2.24, 2.45) is 18.7 Å². The summed E-state index contributed by atoms with van der Waals surface area (Å²) in [5.74, 6) is -0.216. The lowest BCUT2D eigenvalue weighted by Crippen LogP contribution is -2.42. The number of nitrogens with zero attached hydrogens (tertiary/aromatic N) is 4. The van der Waals surface area contributed by atoms with Crippen molar-refractivity contribution in [2.45, 2.75) is 83.0 Å². The third-order valence-electron chi connectivity index (χ3n) is 5.25. The molecule has 0 aliphatic carbocycles. The number of aromatic nitrogens is 4. The van der Waals surface area contributed by atoms with Gasteiger partial charge in [-0.2, -0.15) is 0 Å². The second-order valence-electron chi connectivity index (χ2n) is 8.39. The lowest BCUT2D eigenvalue weighted by molar-refractivity contribution is -0.120. The van der Waals surface area contributed by atoms with Crippen LogP contribution in [0, 0.1) is 5.92 Å². The first kappa shape index (κ1) is 26.6. The summed E-state index contributed by atoms with van der Waals surface area (Å²) < 4.78 is 2.53. The van der Waals surface area contributed by atoms with Gasteiger partial charge >= 0.3 is 11.7 Å². The molecule has 0 radical (unpaired) electrons. The Kier molecular flexibility index (Phi) is 9.63. The monoisotopic (exact) mass is 478 g/mol. The average molecular weight is 479 g/mol. The van der Waals surface area contributed by atoms with E-state index in [1.54, 1.807) is 0 Å². The third-order valence-corrected chi connectivity index (χ3v) is 6.78. The molecule has 0 spiro atoms. The molecule has 0 fully saturated rings. The molecule has 0 saturated heterocycles. The molecule has 3 N–H and O–H groups in total. The summed E-state index contributed by atoms with van der Waals surface area (Å²) in [7, 11) is 1.42. The van der Waals surface area contributed by atoms with Gasteiger partial charge in [0.15, 0.2) is 5.65 Å². The summed E-state index contributed by atoms with van der Waals surface area (Å²) in [5, 5.41) is 1.92. The van der Waals surface area contributed by atoms with Gasteiger partial charge in [-0.25, -0.2) is 19.6 Å². The van der Waals surface area contributed by atoms with Crippen LogP contribution in [0.5, 0.6) is 0 Å². The highest BCUT2D eigenvalue weighted by Gasteiger charge is 2.28. The molecule has 0 aromatic carbocycles. The fourth-order valence-corrected chi connectivity index (χ4v) is 4.65. The molecular formula is C22H34N6O4S. The largest absolute Gasteiger partial charge is 0.351 e. The molecule has 33 heavy (non-hydrogen) atoms. The van der Waals surface area contributed by atoms with Gasteiger partial charge in [-0.1, -0.05) is 58.7 Å². The number of nitrogens with two attached hydrogens (primary N) is 1. The Morgan fingerprint density at radius 1 is 1.09 bits per heavy atom. The number of urea groups is 1. The maximum absolute atomic E-state index is 13.1. The van der Waals surface area contributed by atoms with Crippen LogP contribution in [-0.4, -0.2) is 36.3 Å². The molecule has 2 heterocycles. The number of rotatable bonds is 11. The molecule has 182 valence electrons. The highest BCUT2D eigenvalue weighted by atomic mass is 32.2. The minimum absolute atomic E-state index is 0.183. The molecule has 0 bridgehead atoms. The number of carbonyl (C=O) groups excluding carboxylic acids is 2. The molecule has 1 atom stereocenters. The van der Waals surface area contributed by atoms with Crippen molar-refractivity contribution in [2.75, 3.05) is 0 Å². The maximum atomic E-state index is 13.1. The standard InChI is InChI=1S/C22H34N6O4S/c1-6-8-9-10-11-14-24-17-15(20(30)27(5)22(32)28(17)12-7-2)19(25-14)33-16(13(3)4)18(29)26-21(23)31/h13,16H,6-12H2,1-5H3,(H3,23,26,29,31). The van der Waals surface area contributed by atoms with E-state index in [9.17, 15) is 19.2 Å². The Morgan fingerprint density at radius 3 is 2.36 bits per heavy atom. The van der Waals surface area contributed by atoms with Crippen LogP contribution < -0.4 is 22.3 Å². The Labute approximate surface area is 197 Å². The summed E-state index contributed by atoms with van der Waals surface area (Å²) in [4.78, 5) is 59.1. The van der Waals surface area contributed by atoms with Crippen molar-refractivity contribution in [3.8, 4) is 0 Å². The fraction of sp³-hybridized carbons (Fsp3) is 0.636. The Hall–Kier alpha value is -2.69. The summed E-state index contributed by atoms with van der Waals surface area (Å²) in [5.41, 5.74) is 4.47. The number of nitrogens with one attached hydrogen (secondary N) is 1. The molecule has 11 heteroatoms. The molecule has 0 aliphatic heterocycles. The van der Waals surface area contributed by atoms with Crippen molar-refractivity contribution in [3.05, 3.63) is 26.7 Å². The van der Waals surface area contributed by atoms with Crippen molar-refractivity contribution < 1.29 is 9.59 Å². The molecule has 2 aromatic heterocycles. The number of unbranched alkanes of at least 4 members (excludes halogenated alkanes) is 3. The van der Waals surface area contributed by atoms with E-state index in [1.807, 2.05) is 20.8 Å². The van der Waals surface area contributed by atoms with Gasteiger partial charge in [-0.15, -0.1) is 0 Å². The summed E-state index contributed by atoms with van der Waals surface area (Å²) in [6.45, 7) is 8.13. The van der Waals surface area contributed by atoms with E-state index in [0.29, 0.717) is 30.2 Å². The Bertz CT molecular complexity index is 1120. The van der Waals surface area contributed by atoms with E-state index in [2.05, 4.69) is 22.2 Å². The number of amides is 3. The second kappa shape index (κ2) is 12.0. The average Bonchev–Trinajstić information content (AvgIpc) is 2.75. The highest BCUT2D eigenvalue weighted by molar-refractivity contribution is 8.00. The molecule has 2 aromatic rings. The Morgan fingerprint density at radius 2 is 1.79 bits per heavy atom. The topological polar surface area (TPSA) is 142 Å². The van der Waals surface area contributed by atoms with Crippen molar-refractivity contribution in [1.29, 1.82) is 0 Å². The zero-order valence-electron chi connectivity index (χ0n) is 20.0. The van der Waals surface area contributed by atoms with Gasteiger partial charge in [0, 0.05) is 20.0 Å². The quantitative estimate of drug-likeness (QED) is 0.287. The summed E-state index contributed by atoms with van der Waals surface area (Å²) in [6, 6.07) is -0.942. The van der Waals surface area contributed by atoms with Crippen LogP contribution in [0.25, 0.3) is 11.0 Å². The van der Waals surface area contributed by atoms with E-state index in [1.165, 1.54) is 11.6 Å². The van der Waals surface area contributed by atoms with Gasteiger partial charge in [0.1, 0.15) is 16.2 Å². The van der Waals surface area contributed by atoms with Crippen LogP contribution >= 0.6 is 11.8 Å². The van der Waals surface area contributed by atoms with Crippen LogP contribution in [0.2, 0.25) is 0 Å². The van der Waals surface area contributed by atoms with E-state index in [-0.39, 0.29) is 17.0 Å². The molecule has 10 nitrogen and oxygen atoms in total. The zero-order chi connectivity index (χ0) is 24.7. The minimum atomic E-state index is -0.942. The molecule has 3 amide bonds. The molecular weight excluding hydrogens is 444 g/mol. The lowest BCUT2D eigenvalue weighted by Gasteiger charge is -2.20. The van der Waals surface area contributed by atoms with Gasteiger partial charge in [0.05, 0.1) is 5.25 Å². The number of hydrogen-bond donors (Lipinski definition) is 2. The lowest BCUT2D eigenvalue weighted by atomic mass is 10.1. The van der Waals surface area contributed by atoms with Gasteiger partial charge in [-0.3, -0.25) is 24.0 Å². The predicted molar refractivity (Wildman–Crippen MR) is 129 cm³/mol. The number of aryl methyl sites for hydroxylation is 2. The van der Waals surface area contributed by atoms with Gasteiger partial charge in [0.25, 0.3) is 5.56 Å². The fourth-order valence-electron chi connectivity index (χ4n) is 3.52. The molecule has 0 saturated carbocycles. The maximum Gasteiger partial charge on any atom is 0.332 e. The number of primary amides is 1. The second-order valence-corrected chi connectivity index (χ2v) is 9.52. The Balaban J connectivity index is 2.70. The number of imide groups is 1. The van der Waals surface area contributed by atoms with Crippen molar-refractivity contribution in [1.82, 2.24) is 24.4 Å². The molecule has 1 unspecified atom stereocenters. The van der Waals surface area contributed by atoms with Crippen LogP contribution in [-0.2, 0) is 24.8 Å². The van der Waals surface area contributed by atoms with E-state index >= 15 is 0 Å². The van der Waals surface area contributed by atoms with Crippen LogP contribution in [0.3, 0.4) is 0 Å². The van der Waals surface area contributed by atoms with E-state index < -0.39 is 28.4 Å². The van der Waals surface area contributed by atoms with Gasteiger partial charge in [0.2, 0.25) is 5.91 Å². The smallest absolute Gasteiger partial charge is 0.332 e. The number of carbonyl (C=O) groups is 2.